The van der Waals surface area contributed by atoms with Gasteiger partial charge in [-0.2, -0.15) is 0 Å². The Labute approximate surface area is 156 Å². The molecule has 2 aromatic rings. The van der Waals surface area contributed by atoms with Gasteiger partial charge in [-0.3, -0.25) is 20.4 Å². The van der Waals surface area contributed by atoms with Crippen molar-refractivity contribution in [1.82, 2.24) is 10.9 Å². The van der Waals surface area contributed by atoms with E-state index >= 15 is 0 Å². The fourth-order valence-electron chi connectivity index (χ4n) is 2.93. The van der Waals surface area contributed by atoms with E-state index in [9.17, 15) is 14.0 Å². The highest BCUT2D eigenvalue weighted by atomic mass is 19.1. The van der Waals surface area contributed by atoms with E-state index in [-0.39, 0.29) is 23.6 Å². The Morgan fingerprint density at radius 1 is 1.11 bits per heavy atom. The van der Waals surface area contributed by atoms with Gasteiger partial charge in [0.2, 0.25) is 5.91 Å². The summed E-state index contributed by atoms with van der Waals surface area (Å²) in [5.74, 6) is -0.230. The maximum Gasteiger partial charge on any atom is 0.269 e. The lowest BCUT2D eigenvalue weighted by Gasteiger charge is -2.11. The van der Waals surface area contributed by atoms with Crippen molar-refractivity contribution in [2.45, 2.75) is 19.3 Å². The van der Waals surface area contributed by atoms with E-state index in [0.29, 0.717) is 30.1 Å². The number of hydrogen-bond acceptors (Lipinski definition) is 4. The fraction of sp³-hybridized carbons (Fsp3) is 0.300. The Bertz CT molecular complexity index is 838. The first-order chi connectivity index (χ1) is 13.0. The lowest BCUT2D eigenvalue weighted by atomic mass is 10.1. The van der Waals surface area contributed by atoms with Gasteiger partial charge in [0, 0.05) is 11.5 Å². The van der Waals surface area contributed by atoms with Gasteiger partial charge in [0.15, 0.2) is 11.5 Å². The van der Waals surface area contributed by atoms with Crippen LogP contribution in [0.4, 0.5) is 4.39 Å². The van der Waals surface area contributed by atoms with E-state index in [2.05, 4.69) is 10.9 Å². The molecule has 0 aromatic heterocycles. The van der Waals surface area contributed by atoms with E-state index in [1.807, 2.05) is 6.92 Å². The quantitative estimate of drug-likeness (QED) is 0.765. The molecule has 1 fully saturated rings. The van der Waals surface area contributed by atoms with Crippen LogP contribution in [0.1, 0.15) is 35.2 Å². The van der Waals surface area contributed by atoms with Crippen molar-refractivity contribution < 1.29 is 23.5 Å². The summed E-state index contributed by atoms with van der Waals surface area (Å²) in [6.07, 6.45) is 0.671. The second-order valence-electron chi connectivity index (χ2n) is 6.24. The summed E-state index contributed by atoms with van der Waals surface area (Å²) in [5, 5.41) is 0. The van der Waals surface area contributed by atoms with Crippen LogP contribution >= 0.6 is 0 Å². The monoisotopic (exact) mass is 372 g/mol. The third-order valence-electron chi connectivity index (χ3n) is 4.45. The van der Waals surface area contributed by atoms with E-state index in [1.165, 1.54) is 19.2 Å². The summed E-state index contributed by atoms with van der Waals surface area (Å²) in [6, 6.07) is 10.9. The molecule has 142 valence electrons. The second kappa shape index (κ2) is 8.07. The standard InChI is InChI=1S/C20H21FN2O4/c1-3-27-17-9-6-13(10-18(17)26-2)19(24)22-23-20(25)16-11-15(16)12-4-7-14(21)8-5-12/h4-10,15-16H,3,11H2,1-2H3,(H,22,24)(H,23,25). The Balaban J connectivity index is 1.55. The maximum atomic E-state index is 13.0. The van der Waals surface area contributed by atoms with Gasteiger partial charge < -0.3 is 9.47 Å². The molecule has 0 spiro atoms. The molecule has 2 amide bonds. The second-order valence-corrected chi connectivity index (χ2v) is 6.24. The lowest BCUT2D eigenvalue weighted by Crippen LogP contribution is -2.42. The van der Waals surface area contributed by atoms with Gasteiger partial charge >= 0.3 is 0 Å². The number of carbonyl (C=O) groups is 2. The Kier molecular flexibility index (Phi) is 5.59. The van der Waals surface area contributed by atoms with Crippen molar-refractivity contribution >= 4 is 11.8 Å². The van der Waals surface area contributed by atoms with Crippen LogP contribution in [0.5, 0.6) is 11.5 Å². The van der Waals surface area contributed by atoms with E-state index < -0.39 is 5.91 Å². The zero-order valence-electron chi connectivity index (χ0n) is 15.1. The van der Waals surface area contributed by atoms with Gasteiger partial charge in [-0.25, -0.2) is 4.39 Å². The van der Waals surface area contributed by atoms with Crippen LogP contribution in [-0.4, -0.2) is 25.5 Å². The minimum absolute atomic E-state index is 0.0491. The summed E-state index contributed by atoms with van der Waals surface area (Å²) in [4.78, 5) is 24.5. The third kappa shape index (κ3) is 4.36. The number of hydrazine groups is 1. The lowest BCUT2D eigenvalue weighted by molar-refractivity contribution is -0.123. The summed E-state index contributed by atoms with van der Waals surface area (Å²) in [6.45, 7) is 2.33. The van der Waals surface area contributed by atoms with E-state index in [1.54, 1.807) is 30.3 Å². The first-order valence-corrected chi connectivity index (χ1v) is 8.70. The molecule has 6 nitrogen and oxygen atoms in total. The Morgan fingerprint density at radius 2 is 1.85 bits per heavy atom. The van der Waals surface area contributed by atoms with Crippen LogP contribution in [0.2, 0.25) is 0 Å². The molecule has 0 heterocycles. The van der Waals surface area contributed by atoms with Gasteiger partial charge in [-0.1, -0.05) is 12.1 Å². The normalized spacial score (nSPS) is 17.7. The average molecular weight is 372 g/mol. The summed E-state index contributed by atoms with van der Waals surface area (Å²) >= 11 is 0. The SMILES string of the molecule is CCOc1ccc(C(=O)NNC(=O)C2CC2c2ccc(F)cc2)cc1OC. The minimum atomic E-state index is -0.455. The highest BCUT2D eigenvalue weighted by Crippen LogP contribution is 2.47. The predicted octanol–water partition coefficient (Wildman–Crippen LogP) is 2.80. The molecule has 0 bridgehead atoms. The van der Waals surface area contributed by atoms with Crippen molar-refractivity contribution in [2.75, 3.05) is 13.7 Å². The average Bonchev–Trinajstić information content (AvgIpc) is 3.48. The van der Waals surface area contributed by atoms with Crippen LogP contribution in [0.3, 0.4) is 0 Å². The van der Waals surface area contributed by atoms with E-state index in [4.69, 9.17) is 9.47 Å². The number of benzene rings is 2. The molecule has 7 heteroatoms. The fourth-order valence-corrected chi connectivity index (χ4v) is 2.93. The van der Waals surface area contributed by atoms with Crippen LogP contribution in [0.15, 0.2) is 42.5 Å². The number of nitrogens with one attached hydrogen (secondary N) is 2. The zero-order valence-corrected chi connectivity index (χ0v) is 15.1. The van der Waals surface area contributed by atoms with Crippen LogP contribution in [0, 0.1) is 11.7 Å². The predicted molar refractivity (Wildman–Crippen MR) is 97.0 cm³/mol. The molecule has 1 saturated carbocycles. The molecule has 0 saturated heterocycles. The molecule has 2 aromatic carbocycles. The van der Waals surface area contributed by atoms with Gasteiger partial charge in [0.25, 0.3) is 5.91 Å². The Morgan fingerprint density at radius 3 is 2.52 bits per heavy atom. The number of rotatable bonds is 6. The molecule has 2 N–H and O–H groups in total. The Hall–Kier alpha value is -3.09. The third-order valence-corrected chi connectivity index (χ3v) is 4.45. The summed E-state index contributed by atoms with van der Waals surface area (Å²) < 4.78 is 23.6. The molecule has 2 atom stereocenters. The minimum Gasteiger partial charge on any atom is -0.493 e. The highest BCUT2D eigenvalue weighted by molar-refractivity contribution is 5.96. The topological polar surface area (TPSA) is 76.7 Å². The van der Waals surface area contributed by atoms with Crippen molar-refractivity contribution in [3.63, 3.8) is 0 Å². The number of carbonyl (C=O) groups excluding carboxylic acids is 2. The van der Waals surface area contributed by atoms with Crippen molar-refractivity contribution in [2.24, 2.45) is 5.92 Å². The summed E-state index contributed by atoms with van der Waals surface area (Å²) in [7, 11) is 1.49. The summed E-state index contributed by atoms with van der Waals surface area (Å²) in [5.41, 5.74) is 6.11. The largest absolute Gasteiger partial charge is 0.493 e. The van der Waals surface area contributed by atoms with Crippen molar-refractivity contribution in [3.05, 3.63) is 59.4 Å². The molecule has 2 unspecified atom stereocenters. The smallest absolute Gasteiger partial charge is 0.269 e. The number of ether oxygens (including phenoxy) is 2. The van der Waals surface area contributed by atoms with Gasteiger partial charge in [0.05, 0.1) is 13.7 Å². The molecule has 3 rings (SSSR count). The van der Waals surface area contributed by atoms with Crippen LogP contribution in [0.25, 0.3) is 0 Å². The molecule has 0 aliphatic heterocycles. The first-order valence-electron chi connectivity index (χ1n) is 8.70. The molecule has 27 heavy (non-hydrogen) atoms. The molecular weight excluding hydrogens is 351 g/mol. The zero-order chi connectivity index (χ0) is 19.4. The van der Waals surface area contributed by atoms with Gasteiger partial charge in [-0.05, 0) is 55.2 Å². The number of hydrogen-bond donors (Lipinski definition) is 2. The van der Waals surface area contributed by atoms with Crippen molar-refractivity contribution in [3.8, 4) is 11.5 Å². The van der Waals surface area contributed by atoms with Crippen LogP contribution < -0.4 is 20.3 Å². The number of methoxy groups -OCH3 is 1. The van der Waals surface area contributed by atoms with E-state index in [0.717, 1.165) is 5.56 Å². The number of amides is 2. The first kappa shape index (κ1) is 18.7. The van der Waals surface area contributed by atoms with Crippen molar-refractivity contribution in [1.29, 1.82) is 0 Å². The maximum absolute atomic E-state index is 13.0. The molecule has 0 radical (unpaired) electrons. The van der Waals surface area contributed by atoms with Crippen LogP contribution in [-0.2, 0) is 4.79 Å². The molecule has 1 aliphatic carbocycles. The highest BCUT2D eigenvalue weighted by Gasteiger charge is 2.44. The number of halogens is 1. The van der Waals surface area contributed by atoms with Gasteiger partial charge in [-0.15, -0.1) is 0 Å². The molecule has 1 aliphatic rings. The molecular formula is C20H21FN2O4. The van der Waals surface area contributed by atoms with Gasteiger partial charge in [0.1, 0.15) is 5.82 Å².